The van der Waals surface area contributed by atoms with Gasteiger partial charge in [-0.05, 0) is 48.9 Å². The van der Waals surface area contributed by atoms with Crippen LogP contribution in [0.4, 0.5) is 0 Å². The molecule has 0 aliphatic heterocycles. The molecular formula is C15H23NO. The first-order valence-electron chi connectivity index (χ1n) is 6.69. The van der Waals surface area contributed by atoms with Crippen molar-refractivity contribution in [1.82, 2.24) is 5.32 Å². The molecule has 0 heterocycles. The van der Waals surface area contributed by atoms with E-state index in [2.05, 4.69) is 30.4 Å². The largest absolute Gasteiger partial charge is 0.383 e. The minimum atomic E-state index is 0.339. The lowest BCUT2D eigenvalue weighted by Crippen LogP contribution is -2.26. The van der Waals surface area contributed by atoms with Gasteiger partial charge in [-0.1, -0.05) is 25.1 Å². The number of aryl methyl sites for hydroxylation is 2. The van der Waals surface area contributed by atoms with Crippen LogP contribution in [0.3, 0.4) is 0 Å². The van der Waals surface area contributed by atoms with Crippen molar-refractivity contribution in [3.05, 3.63) is 34.9 Å². The molecule has 0 radical (unpaired) electrons. The van der Waals surface area contributed by atoms with Gasteiger partial charge in [0.05, 0.1) is 12.6 Å². The number of fused-ring (bicyclic) bond motifs is 1. The fraction of sp³-hybridized carbons (Fsp3) is 0.600. The summed E-state index contributed by atoms with van der Waals surface area (Å²) in [5, 5.41) is 3.55. The average molecular weight is 233 g/mol. The summed E-state index contributed by atoms with van der Waals surface area (Å²) in [6, 6.07) is 7.27. The van der Waals surface area contributed by atoms with E-state index in [1.165, 1.54) is 24.8 Å². The Hall–Kier alpha value is -0.860. The Labute approximate surface area is 104 Å². The van der Waals surface area contributed by atoms with E-state index in [0.29, 0.717) is 6.04 Å². The summed E-state index contributed by atoms with van der Waals surface area (Å²) in [4.78, 5) is 0. The average Bonchev–Trinajstić information content (AvgIpc) is 2.81. The number of rotatable bonds is 6. The van der Waals surface area contributed by atoms with Crippen LogP contribution in [0.25, 0.3) is 0 Å². The van der Waals surface area contributed by atoms with Gasteiger partial charge in [-0.2, -0.15) is 0 Å². The second kappa shape index (κ2) is 6.18. The number of hydrogen-bond donors (Lipinski definition) is 1. The summed E-state index contributed by atoms with van der Waals surface area (Å²) in [5.41, 5.74) is 4.46. The Bertz CT molecular complexity index is 362. The first-order valence-corrected chi connectivity index (χ1v) is 6.69. The lowest BCUT2D eigenvalue weighted by molar-refractivity contribution is 0.167. The van der Waals surface area contributed by atoms with E-state index >= 15 is 0 Å². The van der Waals surface area contributed by atoms with Crippen LogP contribution >= 0.6 is 0 Å². The third kappa shape index (κ3) is 3.08. The van der Waals surface area contributed by atoms with Crippen molar-refractivity contribution in [2.24, 2.45) is 0 Å². The molecule has 0 fully saturated rings. The smallest absolute Gasteiger partial charge is 0.0657 e. The van der Waals surface area contributed by atoms with Crippen LogP contribution in [-0.4, -0.2) is 20.3 Å². The SMILES string of the molecule is CCCNC(COC)c1ccc2c(c1)CCC2. The van der Waals surface area contributed by atoms with Crippen LogP contribution in [0, 0.1) is 0 Å². The molecule has 1 aromatic carbocycles. The molecule has 1 aromatic rings. The quantitative estimate of drug-likeness (QED) is 0.815. The van der Waals surface area contributed by atoms with Crippen molar-refractivity contribution in [1.29, 1.82) is 0 Å². The number of hydrogen-bond acceptors (Lipinski definition) is 2. The predicted molar refractivity (Wildman–Crippen MR) is 71.4 cm³/mol. The highest BCUT2D eigenvalue weighted by molar-refractivity contribution is 5.36. The second-order valence-corrected chi connectivity index (χ2v) is 4.84. The van der Waals surface area contributed by atoms with Gasteiger partial charge in [0, 0.05) is 7.11 Å². The van der Waals surface area contributed by atoms with Crippen molar-refractivity contribution in [2.75, 3.05) is 20.3 Å². The first kappa shape index (κ1) is 12.6. The Morgan fingerprint density at radius 3 is 2.88 bits per heavy atom. The highest BCUT2D eigenvalue weighted by atomic mass is 16.5. The van der Waals surface area contributed by atoms with E-state index < -0.39 is 0 Å². The fourth-order valence-corrected chi connectivity index (χ4v) is 2.57. The zero-order valence-corrected chi connectivity index (χ0v) is 11.0. The van der Waals surface area contributed by atoms with E-state index in [4.69, 9.17) is 4.74 Å². The monoisotopic (exact) mass is 233 g/mol. The molecule has 2 rings (SSSR count). The Morgan fingerprint density at radius 2 is 2.12 bits per heavy atom. The third-order valence-electron chi connectivity index (χ3n) is 3.50. The summed E-state index contributed by atoms with van der Waals surface area (Å²) in [6.45, 7) is 3.99. The van der Waals surface area contributed by atoms with E-state index in [0.717, 1.165) is 19.6 Å². The Balaban J connectivity index is 2.11. The summed E-state index contributed by atoms with van der Waals surface area (Å²) in [7, 11) is 1.77. The molecular weight excluding hydrogens is 210 g/mol. The first-order chi connectivity index (χ1) is 8.35. The molecule has 0 saturated heterocycles. The maximum atomic E-state index is 5.31. The van der Waals surface area contributed by atoms with E-state index in [9.17, 15) is 0 Å². The van der Waals surface area contributed by atoms with Crippen LogP contribution in [0.1, 0.15) is 42.5 Å². The lowest BCUT2D eigenvalue weighted by Gasteiger charge is -2.19. The van der Waals surface area contributed by atoms with E-state index in [1.807, 2.05) is 0 Å². The van der Waals surface area contributed by atoms with Crippen molar-refractivity contribution in [3.8, 4) is 0 Å². The Kier molecular flexibility index (Phi) is 4.57. The molecule has 1 aliphatic carbocycles. The van der Waals surface area contributed by atoms with Crippen LogP contribution in [0.2, 0.25) is 0 Å². The van der Waals surface area contributed by atoms with Gasteiger partial charge in [-0.15, -0.1) is 0 Å². The highest BCUT2D eigenvalue weighted by Crippen LogP contribution is 2.25. The van der Waals surface area contributed by atoms with E-state index in [-0.39, 0.29) is 0 Å². The molecule has 94 valence electrons. The van der Waals surface area contributed by atoms with Gasteiger partial charge >= 0.3 is 0 Å². The van der Waals surface area contributed by atoms with Gasteiger partial charge < -0.3 is 10.1 Å². The minimum absolute atomic E-state index is 0.339. The van der Waals surface area contributed by atoms with Crippen molar-refractivity contribution >= 4 is 0 Å². The fourth-order valence-electron chi connectivity index (χ4n) is 2.57. The molecule has 0 spiro atoms. The lowest BCUT2D eigenvalue weighted by atomic mass is 10.0. The summed E-state index contributed by atoms with van der Waals surface area (Å²) < 4.78 is 5.31. The van der Waals surface area contributed by atoms with Crippen molar-refractivity contribution < 1.29 is 4.74 Å². The molecule has 1 atom stereocenters. The summed E-state index contributed by atoms with van der Waals surface area (Å²) in [6.07, 6.45) is 4.98. The van der Waals surface area contributed by atoms with Gasteiger partial charge in [0.15, 0.2) is 0 Å². The van der Waals surface area contributed by atoms with Gasteiger partial charge in [0.25, 0.3) is 0 Å². The zero-order valence-electron chi connectivity index (χ0n) is 11.0. The molecule has 0 saturated carbocycles. The summed E-state index contributed by atoms with van der Waals surface area (Å²) in [5.74, 6) is 0. The zero-order chi connectivity index (χ0) is 12.1. The van der Waals surface area contributed by atoms with Gasteiger partial charge in [-0.3, -0.25) is 0 Å². The summed E-state index contributed by atoms with van der Waals surface area (Å²) >= 11 is 0. The van der Waals surface area contributed by atoms with Crippen LogP contribution in [0.5, 0.6) is 0 Å². The Morgan fingerprint density at radius 1 is 1.29 bits per heavy atom. The number of nitrogens with one attached hydrogen (secondary N) is 1. The topological polar surface area (TPSA) is 21.3 Å². The molecule has 0 aromatic heterocycles. The maximum Gasteiger partial charge on any atom is 0.0657 e. The molecule has 1 unspecified atom stereocenters. The standard InChI is InChI=1S/C15H23NO/c1-3-9-16-15(11-17-2)14-8-7-12-5-4-6-13(12)10-14/h7-8,10,15-16H,3-6,9,11H2,1-2H3. The van der Waals surface area contributed by atoms with Gasteiger partial charge in [-0.25, -0.2) is 0 Å². The van der Waals surface area contributed by atoms with Crippen LogP contribution in [0.15, 0.2) is 18.2 Å². The van der Waals surface area contributed by atoms with Gasteiger partial charge in [0.1, 0.15) is 0 Å². The normalized spacial score (nSPS) is 15.9. The van der Waals surface area contributed by atoms with Crippen molar-refractivity contribution in [2.45, 2.75) is 38.6 Å². The van der Waals surface area contributed by atoms with Crippen LogP contribution < -0.4 is 5.32 Å². The van der Waals surface area contributed by atoms with Crippen LogP contribution in [-0.2, 0) is 17.6 Å². The highest BCUT2D eigenvalue weighted by Gasteiger charge is 2.15. The van der Waals surface area contributed by atoms with Crippen molar-refractivity contribution in [3.63, 3.8) is 0 Å². The second-order valence-electron chi connectivity index (χ2n) is 4.84. The molecule has 0 amide bonds. The molecule has 17 heavy (non-hydrogen) atoms. The molecule has 2 heteroatoms. The maximum absolute atomic E-state index is 5.31. The predicted octanol–water partition coefficient (Wildman–Crippen LogP) is 2.86. The minimum Gasteiger partial charge on any atom is -0.383 e. The molecule has 2 nitrogen and oxygen atoms in total. The molecule has 1 aliphatic rings. The van der Waals surface area contributed by atoms with E-state index in [1.54, 1.807) is 18.2 Å². The third-order valence-corrected chi connectivity index (χ3v) is 3.50. The number of benzene rings is 1. The van der Waals surface area contributed by atoms with Gasteiger partial charge in [0.2, 0.25) is 0 Å². The molecule has 0 bridgehead atoms. The number of ether oxygens (including phenoxy) is 1. The number of methoxy groups -OCH3 is 1. The molecule has 1 N–H and O–H groups in total.